The summed E-state index contributed by atoms with van der Waals surface area (Å²) < 4.78 is 5.82. The quantitative estimate of drug-likeness (QED) is 0.623. The molecule has 0 aliphatic rings. The molecule has 3 aromatic rings. The minimum absolute atomic E-state index is 0.732. The van der Waals surface area contributed by atoms with Crippen LogP contribution in [0, 0.1) is 6.92 Å². The first kappa shape index (κ1) is 9.85. The molecule has 3 rings (SSSR count). The van der Waals surface area contributed by atoms with Gasteiger partial charge in [-0.3, -0.25) is 4.98 Å². The Morgan fingerprint density at radius 2 is 2.06 bits per heavy atom. The summed E-state index contributed by atoms with van der Waals surface area (Å²) in [4.78, 5) is 4.58. The lowest BCUT2D eigenvalue weighted by Gasteiger charge is -2.00. The third-order valence-electron chi connectivity index (χ3n) is 2.74. The molecule has 16 heavy (non-hydrogen) atoms. The highest BCUT2D eigenvalue weighted by atomic mass is 79.9. The number of rotatable bonds is 1. The van der Waals surface area contributed by atoms with Crippen molar-refractivity contribution in [2.24, 2.45) is 0 Å². The van der Waals surface area contributed by atoms with Gasteiger partial charge in [-0.15, -0.1) is 0 Å². The zero-order valence-corrected chi connectivity index (χ0v) is 10.4. The number of aryl methyl sites for hydroxylation is 1. The largest absolute Gasteiger partial charge is 0.459 e. The highest BCUT2D eigenvalue weighted by Crippen LogP contribution is 2.29. The number of hydrogen-bond acceptors (Lipinski definition) is 2. The lowest BCUT2D eigenvalue weighted by atomic mass is 10.1. The number of furan rings is 1. The van der Waals surface area contributed by atoms with E-state index < -0.39 is 0 Å². The number of benzene rings is 1. The summed E-state index contributed by atoms with van der Waals surface area (Å²) in [5.41, 5.74) is 2.95. The van der Waals surface area contributed by atoms with Crippen molar-refractivity contribution < 1.29 is 4.42 Å². The van der Waals surface area contributed by atoms with Gasteiger partial charge in [0.15, 0.2) is 0 Å². The van der Waals surface area contributed by atoms with E-state index in [9.17, 15) is 0 Å². The van der Waals surface area contributed by atoms with Crippen LogP contribution < -0.4 is 0 Å². The summed E-state index contributed by atoms with van der Waals surface area (Å²) in [6.07, 6.45) is 0. The maximum atomic E-state index is 5.82. The summed E-state index contributed by atoms with van der Waals surface area (Å²) in [5, 5.41) is 2.92. The van der Waals surface area contributed by atoms with Crippen LogP contribution in [-0.4, -0.2) is 4.98 Å². The van der Waals surface area contributed by atoms with Crippen LogP contribution in [0.3, 0.4) is 0 Å². The van der Waals surface area contributed by atoms with Gasteiger partial charge in [0.2, 0.25) is 0 Å². The first-order valence-corrected chi connectivity index (χ1v) is 6.25. The summed E-state index contributed by atoms with van der Waals surface area (Å²) >= 11 is 3.41. The van der Waals surface area contributed by atoms with Crippen LogP contribution in [0.15, 0.2) is 34.7 Å². The van der Waals surface area contributed by atoms with Crippen molar-refractivity contribution in [3.63, 3.8) is 0 Å². The molecule has 0 aliphatic carbocycles. The fourth-order valence-corrected chi connectivity index (χ4v) is 2.26. The Kier molecular flexibility index (Phi) is 2.21. The molecule has 0 bridgehead atoms. The Labute approximate surface area is 101 Å². The standard InChI is InChI=1S/C13H10BrNO/c1-8-11-6-9(7-14)16-13(11)10-4-2-3-5-12(10)15-8/h2-6H,7H2,1H3. The second-order valence-electron chi connectivity index (χ2n) is 3.80. The fraction of sp³-hybridized carbons (Fsp3) is 0.154. The molecule has 80 valence electrons. The van der Waals surface area contributed by atoms with E-state index in [1.165, 1.54) is 0 Å². The predicted octanol–water partition coefficient (Wildman–Crippen LogP) is 4.18. The number of para-hydroxylation sites is 1. The molecule has 0 aliphatic heterocycles. The van der Waals surface area contributed by atoms with E-state index in [4.69, 9.17) is 4.42 Å². The number of fused-ring (bicyclic) bond motifs is 3. The number of nitrogens with zero attached hydrogens (tertiary/aromatic N) is 1. The average molecular weight is 276 g/mol. The van der Waals surface area contributed by atoms with Crippen molar-refractivity contribution in [2.45, 2.75) is 12.3 Å². The van der Waals surface area contributed by atoms with Crippen LogP contribution in [-0.2, 0) is 5.33 Å². The summed E-state index contributed by atoms with van der Waals surface area (Å²) in [6, 6.07) is 10.1. The van der Waals surface area contributed by atoms with Gasteiger partial charge in [-0.2, -0.15) is 0 Å². The van der Waals surface area contributed by atoms with Crippen LogP contribution >= 0.6 is 15.9 Å². The molecule has 2 nitrogen and oxygen atoms in total. The number of halogens is 1. The van der Waals surface area contributed by atoms with Gasteiger partial charge >= 0.3 is 0 Å². The Bertz CT molecular complexity index is 672. The van der Waals surface area contributed by atoms with Gasteiger partial charge in [0, 0.05) is 16.5 Å². The van der Waals surface area contributed by atoms with E-state index in [2.05, 4.69) is 27.0 Å². The first-order chi connectivity index (χ1) is 7.79. The summed E-state index contributed by atoms with van der Waals surface area (Å²) in [6.45, 7) is 2.02. The molecule has 0 saturated heterocycles. The van der Waals surface area contributed by atoms with E-state index in [-0.39, 0.29) is 0 Å². The van der Waals surface area contributed by atoms with Gasteiger partial charge in [0.05, 0.1) is 10.8 Å². The highest BCUT2D eigenvalue weighted by Gasteiger charge is 2.10. The normalized spacial score (nSPS) is 11.4. The Balaban J connectivity index is 2.52. The summed E-state index contributed by atoms with van der Waals surface area (Å²) in [7, 11) is 0. The Morgan fingerprint density at radius 3 is 2.88 bits per heavy atom. The van der Waals surface area contributed by atoms with Crippen molar-refractivity contribution in [3.05, 3.63) is 41.8 Å². The molecule has 2 aromatic heterocycles. The van der Waals surface area contributed by atoms with Crippen LogP contribution in [0.1, 0.15) is 11.5 Å². The molecule has 0 amide bonds. The molecular formula is C13H10BrNO. The molecule has 0 radical (unpaired) electrons. The maximum absolute atomic E-state index is 5.82. The number of hydrogen-bond donors (Lipinski definition) is 0. The summed E-state index contributed by atoms with van der Waals surface area (Å²) in [5.74, 6) is 0.941. The topological polar surface area (TPSA) is 26.0 Å². The molecule has 0 unspecified atom stereocenters. The number of aromatic nitrogens is 1. The highest BCUT2D eigenvalue weighted by molar-refractivity contribution is 9.08. The molecule has 2 heterocycles. The monoisotopic (exact) mass is 275 g/mol. The molecule has 0 fully saturated rings. The van der Waals surface area contributed by atoms with E-state index in [1.54, 1.807) is 0 Å². The minimum atomic E-state index is 0.732. The van der Waals surface area contributed by atoms with Crippen molar-refractivity contribution in [1.82, 2.24) is 4.98 Å². The number of pyridine rings is 1. The van der Waals surface area contributed by atoms with Crippen LogP contribution in [0.5, 0.6) is 0 Å². The number of alkyl halides is 1. The smallest absolute Gasteiger partial charge is 0.145 e. The van der Waals surface area contributed by atoms with Crippen molar-refractivity contribution >= 4 is 37.8 Å². The lowest BCUT2D eigenvalue weighted by Crippen LogP contribution is -1.84. The van der Waals surface area contributed by atoms with Gasteiger partial charge in [-0.05, 0) is 25.1 Å². The Morgan fingerprint density at radius 1 is 1.25 bits per heavy atom. The van der Waals surface area contributed by atoms with E-state index >= 15 is 0 Å². The third-order valence-corrected chi connectivity index (χ3v) is 3.29. The minimum Gasteiger partial charge on any atom is -0.459 e. The zero-order chi connectivity index (χ0) is 11.1. The van der Waals surface area contributed by atoms with E-state index in [1.807, 2.05) is 31.2 Å². The molecule has 0 N–H and O–H groups in total. The fourth-order valence-electron chi connectivity index (χ4n) is 1.98. The van der Waals surface area contributed by atoms with Crippen molar-refractivity contribution in [1.29, 1.82) is 0 Å². The lowest BCUT2D eigenvalue weighted by molar-refractivity contribution is 0.578. The second-order valence-corrected chi connectivity index (χ2v) is 4.36. The van der Waals surface area contributed by atoms with Gasteiger partial charge in [-0.1, -0.05) is 28.1 Å². The maximum Gasteiger partial charge on any atom is 0.145 e. The molecule has 0 saturated carbocycles. The second kappa shape index (κ2) is 3.59. The predicted molar refractivity (Wildman–Crippen MR) is 68.9 cm³/mol. The molecule has 0 spiro atoms. The molecule has 0 atom stereocenters. The van der Waals surface area contributed by atoms with Crippen LogP contribution in [0.25, 0.3) is 21.9 Å². The van der Waals surface area contributed by atoms with E-state index in [0.29, 0.717) is 0 Å². The first-order valence-electron chi connectivity index (χ1n) is 5.13. The van der Waals surface area contributed by atoms with Crippen LogP contribution in [0.2, 0.25) is 0 Å². The SMILES string of the molecule is Cc1nc2ccccc2c2oc(CBr)cc12. The zero-order valence-electron chi connectivity index (χ0n) is 8.83. The molecule has 1 aromatic carbocycles. The van der Waals surface area contributed by atoms with Gasteiger partial charge in [0.25, 0.3) is 0 Å². The Hall–Kier alpha value is -1.35. The average Bonchev–Trinajstić information content (AvgIpc) is 2.74. The van der Waals surface area contributed by atoms with Crippen molar-refractivity contribution in [2.75, 3.05) is 0 Å². The van der Waals surface area contributed by atoms with E-state index in [0.717, 1.165) is 38.7 Å². The third kappa shape index (κ3) is 1.35. The molecule has 3 heteroatoms. The molecular weight excluding hydrogens is 266 g/mol. The van der Waals surface area contributed by atoms with Crippen LogP contribution in [0.4, 0.5) is 0 Å². The van der Waals surface area contributed by atoms with Crippen molar-refractivity contribution in [3.8, 4) is 0 Å². The van der Waals surface area contributed by atoms with Gasteiger partial charge in [0.1, 0.15) is 11.3 Å². The van der Waals surface area contributed by atoms with Gasteiger partial charge < -0.3 is 4.42 Å². The van der Waals surface area contributed by atoms with Gasteiger partial charge in [-0.25, -0.2) is 0 Å².